The molecule has 0 aliphatic rings. The second kappa shape index (κ2) is 6.32. The van der Waals surface area contributed by atoms with Gasteiger partial charge in [0.2, 0.25) is 0 Å². The molecular formula is C8H2F12O6. The molecule has 0 fully saturated rings. The first kappa shape index (κ1) is 24.0. The van der Waals surface area contributed by atoms with Gasteiger partial charge in [-0.1, -0.05) is 0 Å². The van der Waals surface area contributed by atoms with Gasteiger partial charge < -0.3 is 10.2 Å². The maximum Gasteiger partial charge on any atom is 0.478 e. The molecule has 0 aliphatic carbocycles. The van der Waals surface area contributed by atoms with E-state index in [0.717, 1.165) is 0 Å². The van der Waals surface area contributed by atoms with Gasteiger partial charge in [0.15, 0.2) is 0 Å². The van der Waals surface area contributed by atoms with Crippen LogP contribution in [0.1, 0.15) is 0 Å². The number of ether oxygens (including phenoxy) is 2. The van der Waals surface area contributed by atoms with Crippen molar-refractivity contribution in [1.82, 2.24) is 0 Å². The zero-order valence-corrected chi connectivity index (χ0v) is 11.1. The Bertz CT molecular complexity index is 526. The molecule has 0 aromatic heterocycles. The Labute approximate surface area is 131 Å². The quantitative estimate of drug-likeness (QED) is 0.506. The summed E-state index contributed by atoms with van der Waals surface area (Å²) in [5, 5.41) is 15.8. The first-order chi connectivity index (χ1) is 11.1. The molecule has 0 saturated carbocycles. The molecule has 0 spiro atoms. The third kappa shape index (κ3) is 4.05. The normalized spacial score (nSPS) is 20.6. The molecule has 154 valence electrons. The largest absolute Gasteiger partial charge is 0.478 e. The van der Waals surface area contributed by atoms with Gasteiger partial charge >= 0.3 is 48.2 Å². The molecule has 0 bridgehead atoms. The SMILES string of the molecule is O=C(O)C(F)(OC(F)(OC(F)(C(=O)O)C(F)(F)F)C(F)(F)F)C(F)(F)F. The molecule has 18 heteroatoms. The van der Waals surface area contributed by atoms with Crippen molar-refractivity contribution >= 4 is 11.9 Å². The molecule has 2 N–H and O–H groups in total. The number of carbonyl (C=O) groups is 2. The smallest absolute Gasteiger partial charge is 0.477 e. The molecule has 2 atom stereocenters. The number of carboxylic acids is 2. The van der Waals surface area contributed by atoms with Crippen LogP contribution in [0, 0.1) is 0 Å². The maximum atomic E-state index is 13.5. The van der Waals surface area contributed by atoms with Gasteiger partial charge in [-0.15, -0.1) is 0 Å². The Kier molecular flexibility index (Phi) is 5.84. The molecule has 0 radical (unpaired) electrons. The van der Waals surface area contributed by atoms with Crippen molar-refractivity contribution < 1.29 is 82.0 Å². The Morgan fingerprint density at radius 3 is 0.885 bits per heavy atom. The minimum Gasteiger partial charge on any atom is -0.477 e. The third-order valence-corrected chi connectivity index (χ3v) is 2.16. The number of hydrogen-bond acceptors (Lipinski definition) is 4. The summed E-state index contributed by atoms with van der Waals surface area (Å²) >= 11 is 0. The summed E-state index contributed by atoms with van der Waals surface area (Å²) in [6, 6.07) is -7.17. The lowest BCUT2D eigenvalue weighted by Crippen LogP contribution is -2.64. The minimum absolute atomic E-state index is 1.85. The Balaban J connectivity index is 6.44. The summed E-state index contributed by atoms with van der Waals surface area (Å²) in [5.74, 6) is -21.6. The summed E-state index contributed by atoms with van der Waals surface area (Å²) in [6.07, 6.45) is -21.5. The van der Waals surface area contributed by atoms with Crippen molar-refractivity contribution in [3.05, 3.63) is 0 Å². The first-order valence-corrected chi connectivity index (χ1v) is 5.19. The van der Waals surface area contributed by atoms with E-state index in [2.05, 4.69) is 0 Å². The molecule has 26 heavy (non-hydrogen) atoms. The van der Waals surface area contributed by atoms with Crippen LogP contribution in [0.15, 0.2) is 0 Å². The highest BCUT2D eigenvalue weighted by atomic mass is 19.4. The van der Waals surface area contributed by atoms with E-state index in [-0.39, 0.29) is 0 Å². The van der Waals surface area contributed by atoms with Crippen LogP contribution >= 0.6 is 0 Å². The van der Waals surface area contributed by atoms with Crippen LogP contribution in [0.4, 0.5) is 52.7 Å². The molecule has 0 heterocycles. The topological polar surface area (TPSA) is 93.1 Å². The van der Waals surface area contributed by atoms with Crippen LogP contribution in [0.25, 0.3) is 0 Å². The van der Waals surface area contributed by atoms with E-state index in [1.165, 1.54) is 0 Å². The molecule has 6 nitrogen and oxygen atoms in total. The van der Waals surface area contributed by atoms with E-state index in [0.29, 0.717) is 0 Å². The molecule has 2 unspecified atom stereocenters. The van der Waals surface area contributed by atoms with Gasteiger partial charge in [-0.25, -0.2) is 9.59 Å². The second-order valence-electron chi connectivity index (χ2n) is 4.03. The molecule has 0 rings (SSSR count). The number of carboxylic acid groups (broad SMARTS) is 2. The summed E-state index contributed by atoms with van der Waals surface area (Å²) in [6.45, 7) is 0. The molecule has 0 saturated heterocycles. The molecule has 0 amide bonds. The van der Waals surface area contributed by atoms with Gasteiger partial charge in [-0.3, -0.25) is 9.47 Å². The molecular weight excluding hydrogens is 420 g/mol. The average Bonchev–Trinajstić information content (AvgIpc) is 2.33. The Hall–Kier alpha value is -1.98. The third-order valence-electron chi connectivity index (χ3n) is 2.16. The highest BCUT2D eigenvalue weighted by molar-refractivity contribution is 5.77. The summed E-state index contributed by atoms with van der Waals surface area (Å²) in [4.78, 5) is 20.3. The van der Waals surface area contributed by atoms with E-state index < -0.39 is 48.2 Å². The fourth-order valence-corrected chi connectivity index (χ4v) is 0.944. The van der Waals surface area contributed by atoms with Crippen molar-refractivity contribution in [2.24, 2.45) is 0 Å². The van der Waals surface area contributed by atoms with E-state index in [1.54, 1.807) is 0 Å². The standard InChI is InChI=1S/C8H2F12O6/c9-3(1(21)22,5(11,12)13)25-8(20,7(17,18)19)26-4(10,2(23)24)6(14,15)16/h(H,21,22)(H,23,24). The van der Waals surface area contributed by atoms with Crippen LogP contribution in [0.5, 0.6) is 0 Å². The number of halogens is 12. The highest BCUT2D eigenvalue weighted by Gasteiger charge is 2.78. The van der Waals surface area contributed by atoms with Gasteiger partial charge in [0.25, 0.3) is 0 Å². The van der Waals surface area contributed by atoms with Gasteiger partial charge in [0, 0.05) is 0 Å². The van der Waals surface area contributed by atoms with E-state index in [4.69, 9.17) is 10.2 Å². The number of hydrogen-bond donors (Lipinski definition) is 2. The average molecular weight is 422 g/mol. The zero-order valence-electron chi connectivity index (χ0n) is 11.1. The van der Waals surface area contributed by atoms with Crippen LogP contribution in [-0.4, -0.2) is 58.4 Å². The molecule has 0 aromatic rings. The number of rotatable bonds is 6. The molecule has 0 aromatic carbocycles. The first-order valence-electron chi connectivity index (χ1n) is 5.19. The van der Waals surface area contributed by atoms with Crippen LogP contribution in [0.3, 0.4) is 0 Å². The lowest BCUT2D eigenvalue weighted by Gasteiger charge is -2.36. The predicted octanol–water partition coefficient (Wildman–Crippen LogP) is 2.83. The highest BCUT2D eigenvalue weighted by Crippen LogP contribution is 2.49. The number of aliphatic carboxylic acids is 2. The van der Waals surface area contributed by atoms with Crippen LogP contribution in [0.2, 0.25) is 0 Å². The molecule has 0 aliphatic heterocycles. The summed E-state index contributed by atoms with van der Waals surface area (Å²) < 4.78 is 154. The predicted molar refractivity (Wildman–Crippen MR) is 47.1 cm³/mol. The second-order valence-corrected chi connectivity index (χ2v) is 4.03. The van der Waals surface area contributed by atoms with Crippen LogP contribution < -0.4 is 0 Å². The van der Waals surface area contributed by atoms with Crippen molar-refractivity contribution in [2.45, 2.75) is 36.3 Å². The van der Waals surface area contributed by atoms with Crippen molar-refractivity contribution in [3.8, 4) is 0 Å². The fourth-order valence-electron chi connectivity index (χ4n) is 0.944. The number of alkyl halides is 12. The zero-order chi connectivity index (χ0) is 21.6. The van der Waals surface area contributed by atoms with E-state index in [1.807, 2.05) is 9.47 Å². The van der Waals surface area contributed by atoms with E-state index in [9.17, 15) is 62.3 Å². The van der Waals surface area contributed by atoms with Crippen molar-refractivity contribution in [1.29, 1.82) is 0 Å². The monoisotopic (exact) mass is 422 g/mol. The maximum absolute atomic E-state index is 13.5. The van der Waals surface area contributed by atoms with Crippen molar-refractivity contribution in [3.63, 3.8) is 0 Å². The van der Waals surface area contributed by atoms with Crippen molar-refractivity contribution in [2.75, 3.05) is 0 Å². The lowest BCUT2D eigenvalue weighted by atomic mass is 10.3. The Morgan fingerprint density at radius 2 is 0.769 bits per heavy atom. The Morgan fingerprint density at radius 1 is 0.538 bits per heavy atom. The van der Waals surface area contributed by atoms with E-state index >= 15 is 0 Å². The van der Waals surface area contributed by atoms with Gasteiger partial charge in [-0.05, 0) is 0 Å². The van der Waals surface area contributed by atoms with Gasteiger partial charge in [0.1, 0.15) is 0 Å². The van der Waals surface area contributed by atoms with Gasteiger partial charge in [0.05, 0.1) is 0 Å². The summed E-state index contributed by atoms with van der Waals surface area (Å²) in [7, 11) is 0. The van der Waals surface area contributed by atoms with Crippen LogP contribution in [-0.2, 0) is 19.1 Å². The minimum atomic E-state index is -7.34. The summed E-state index contributed by atoms with van der Waals surface area (Å²) in [5.41, 5.74) is 0. The van der Waals surface area contributed by atoms with Gasteiger partial charge in [-0.2, -0.15) is 52.7 Å². The fraction of sp³-hybridized carbons (Fsp3) is 0.750. The lowest BCUT2D eigenvalue weighted by molar-refractivity contribution is -0.529.